The highest BCUT2D eigenvalue weighted by Gasteiger charge is 2.28. The number of hydrogen-bond donors (Lipinski definition) is 2. The van der Waals surface area contributed by atoms with Crippen LogP contribution < -0.4 is 19.7 Å². The molecule has 4 aromatic carbocycles. The SMILES string of the molecule is COc1ccc(S(=O)(=O)N(CC(=O)Nc2ccccc2C(=O)NCc2ccccc2)c2ccc(F)cc2)cc1. The quantitative estimate of drug-likeness (QED) is 0.302. The largest absolute Gasteiger partial charge is 0.497 e. The van der Waals surface area contributed by atoms with Crippen LogP contribution in [0.5, 0.6) is 5.75 Å². The molecule has 39 heavy (non-hydrogen) atoms. The summed E-state index contributed by atoms with van der Waals surface area (Å²) >= 11 is 0. The maximum atomic E-state index is 13.6. The first-order valence-corrected chi connectivity index (χ1v) is 13.4. The van der Waals surface area contributed by atoms with Gasteiger partial charge in [0.25, 0.3) is 15.9 Å². The zero-order valence-corrected chi connectivity index (χ0v) is 21.8. The first kappa shape index (κ1) is 27.3. The number of carbonyl (C=O) groups is 2. The normalized spacial score (nSPS) is 10.9. The summed E-state index contributed by atoms with van der Waals surface area (Å²) in [7, 11) is -2.77. The summed E-state index contributed by atoms with van der Waals surface area (Å²) in [6.45, 7) is -0.333. The maximum Gasteiger partial charge on any atom is 0.264 e. The van der Waals surface area contributed by atoms with Crippen LogP contribution in [0, 0.1) is 5.82 Å². The van der Waals surface area contributed by atoms with Crippen molar-refractivity contribution in [1.82, 2.24) is 5.32 Å². The van der Waals surface area contributed by atoms with Crippen LogP contribution in [0.15, 0.2) is 108 Å². The van der Waals surface area contributed by atoms with Gasteiger partial charge in [0.1, 0.15) is 18.1 Å². The van der Waals surface area contributed by atoms with Crippen LogP contribution >= 0.6 is 0 Å². The van der Waals surface area contributed by atoms with Crippen LogP contribution in [0.25, 0.3) is 0 Å². The molecule has 2 amide bonds. The van der Waals surface area contributed by atoms with Gasteiger partial charge in [-0.15, -0.1) is 0 Å². The van der Waals surface area contributed by atoms with Crippen LogP contribution in [0.2, 0.25) is 0 Å². The number of hydrogen-bond acceptors (Lipinski definition) is 5. The lowest BCUT2D eigenvalue weighted by Gasteiger charge is -2.24. The van der Waals surface area contributed by atoms with Crippen molar-refractivity contribution < 1.29 is 27.1 Å². The lowest BCUT2D eigenvalue weighted by atomic mass is 10.1. The van der Waals surface area contributed by atoms with Crippen molar-refractivity contribution in [2.24, 2.45) is 0 Å². The van der Waals surface area contributed by atoms with E-state index < -0.39 is 34.2 Å². The Hall–Kier alpha value is -4.70. The number of para-hydroxylation sites is 1. The lowest BCUT2D eigenvalue weighted by Crippen LogP contribution is -2.38. The molecule has 0 saturated carbocycles. The van der Waals surface area contributed by atoms with E-state index in [2.05, 4.69) is 10.6 Å². The molecular weight excluding hydrogens is 521 g/mol. The summed E-state index contributed by atoms with van der Waals surface area (Å²) in [6, 6.07) is 26.2. The van der Waals surface area contributed by atoms with Crippen molar-refractivity contribution in [2.75, 3.05) is 23.3 Å². The fourth-order valence-electron chi connectivity index (χ4n) is 3.78. The fourth-order valence-corrected chi connectivity index (χ4v) is 5.20. The van der Waals surface area contributed by atoms with E-state index in [1.807, 2.05) is 30.3 Å². The van der Waals surface area contributed by atoms with Gasteiger partial charge in [0.2, 0.25) is 5.91 Å². The number of benzene rings is 4. The Morgan fingerprint density at radius 1 is 0.846 bits per heavy atom. The highest BCUT2D eigenvalue weighted by Crippen LogP contribution is 2.26. The molecule has 0 unspecified atom stereocenters. The molecule has 2 N–H and O–H groups in total. The summed E-state index contributed by atoms with van der Waals surface area (Å²) in [6.07, 6.45) is 0. The van der Waals surface area contributed by atoms with E-state index in [0.717, 1.165) is 22.0 Å². The Morgan fingerprint density at radius 3 is 2.15 bits per heavy atom. The highest BCUT2D eigenvalue weighted by atomic mass is 32.2. The van der Waals surface area contributed by atoms with E-state index >= 15 is 0 Å². The van der Waals surface area contributed by atoms with Gasteiger partial charge in [-0.05, 0) is 66.2 Å². The number of anilines is 2. The van der Waals surface area contributed by atoms with Crippen LogP contribution in [0.3, 0.4) is 0 Å². The molecule has 0 bridgehead atoms. The van der Waals surface area contributed by atoms with Crippen LogP contribution in [-0.2, 0) is 21.4 Å². The van der Waals surface area contributed by atoms with Gasteiger partial charge in [0.05, 0.1) is 28.9 Å². The molecule has 0 aliphatic rings. The molecule has 0 atom stereocenters. The second-order valence-electron chi connectivity index (χ2n) is 8.43. The van der Waals surface area contributed by atoms with Gasteiger partial charge in [-0.2, -0.15) is 0 Å². The monoisotopic (exact) mass is 547 g/mol. The van der Waals surface area contributed by atoms with Gasteiger partial charge in [-0.3, -0.25) is 13.9 Å². The zero-order chi connectivity index (χ0) is 27.8. The van der Waals surface area contributed by atoms with E-state index in [9.17, 15) is 22.4 Å². The Bertz CT molecular complexity index is 1540. The maximum absolute atomic E-state index is 13.6. The third kappa shape index (κ3) is 6.79. The molecule has 0 spiro atoms. The molecule has 0 radical (unpaired) electrons. The number of carbonyl (C=O) groups excluding carboxylic acids is 2. The van der Waals surface area contributed by atoms with E-state index in [-0.39, 0.29) is 21.8 Å². The van der Waals surface area contributed by atoms with Crippen molar-refractivity contribution >= 4 is 33.2 Å². The highest BCUT2D eigenvalue weighted by molar-refractivity contribution is 7.92. The number of rotatable bonds is 10. The molecule has 8 nitrogen and oxygen atoms in total. The average Bonchev–Trinajstić information content (AvgIpc) is 2.96. The average molecular weight is 548 g/mol. The topological polar surface area (TPSA) is 105 Å². The molecule has 4 aromatic rings. The molecule has 0 aromatic heterocycles. The molecule has 200 valence electrons. The van der Waals surface area contributed by atoms with Gasteiger partial charge in [0, 0.05) is 6.54 Å². The summed E-state index contributed by atoms with van der Waals surface area (Å²) < 4.78 is 46.7. The molecular formula is C29H26FN3O5S. The molecule has 0 heterocycles. The molecule has 0 saturated heterocycles. The van der Waals surface area contributed by atoms with Crippen LogP contribution in [-0.4, -0.2) is 33.9 Å². The van der Waals surface area contributed by atoms with E-state index in [1.54, 1.807) is 24.3 Å². The molecule has 4 rings (SSSR count). The third-order valence-electron chi connectivity index (χ3n) is 5.79. The Labute approximate surface area is 226 Å². The van der Waals surface area contributed by atoms with Gasteiger partial charge >= 0.3 is 0 Å². The number of amides is 2. The smallest absolute Gasteiger partial charge is 0.264 e. The number of halogens is 1. The van der Waals surface area contributed by atoms with Crippen molar-refractivity contribution in [3.63, 3.8) is 0 Å². The molecule has 0 aliphatic heterocycles. The fraction of sp³-hybridized carbons (Fsp3) is 0.103. The van der Waals surface area contributed by atoms with Gasteiger partial charge in [-0.25, -0.2) is 12.8 Å². The minimum absolute atomic E-state index is 0.0823. The van der Waals surface area contributed by atoms with E-state index in [0.29, 0.717) is 12.3 Å². The summed E-state index contributed by atoms with van der Waals surface area (Å²) in [5.74, 6) is -1.20. The predicted octanol–water partition coefficient (Wildman–Crippen LogP) is 4.60. The first-order chi connectivity index (χ1) is 18.8. The van der Waals surface area contributed by atoms with Gasteiger partial charge in [-0.1, -0.05) is 42.5 Å². The Balaban J connectivity index is 1.56. The predicted molar refractivity (Wildman–Crippen MR) is 147 cm³/mol. The summed E-state index contributed by atoms with van der Waals surface area (Å²) in [5, 5.41) is 5.46. The number of sulfonamides is 1. The second-order valence-corrected chi connectivity index (χ2v) is 10.3. The Kier molecular flexibility index (Phi) is 8.57. The number of nitrogens with one attached hydrogen (secondary N) is 2. The first-order valence-electron chi connectivity index (χ1n) is 11.9. The number of methoxy groups -OCH3 is 1. The molecule has 0 fully saturated rings. The third-order valence-corrected chi connectivity index (χ3v) is 7.58. The number of ether oxygens (including phenoxy) is 1. The van der Waals surface area contributed by atoms with Crippen LogP contribution in [0.1, 0.15) is 15.9 Å². The molecule has 0 aliphatic carbocycles. The van der Waals surface area contributed by atoms with Gasteiger partial charge in [0.15, 0.2) is 0 Å². The number of nitrogens with zero attached hydrogens (tertiary/aromatic N) is 1. The summed E-state index contributed by atoms with van der Waals surface area (Å²) in [5.41, 5.74) is 1.43. The van der Waals surface area contributed by atoms with E-state index in [4.69, 9.17) is 4.74 Å². The Morgan fingerprint density at radius 2 is 1.49 bits per heavy atom. The van der Waals surface area contributed by atoms with Crippen molar-refractivity contribution in [1.29, 1.82) is 0 Å². The van der Waals surface area contributed by atoms with E-state index in [1.165, 1.54) is 43.5 Å². The molecule has 10 heteroatoms. The van der Waals surface area contributed by atoms with Crippen molar-refractivity contribution in [3.8, 4) is 5.75 Å². The van der Waals surface area contributed by atoms with Gasteiger partial charge < -0.3 is 15.4 Å². The minimum Gasteiger partial charge on any atom is -0.497 e. The lowest BCUT2D eigenvalue weighted by molar-refractivity contribution is -0.114. The minimum atomic E-state index is -4.23. The standard InChI is InChI=1S/C29H26FN3O5S/c1-38-24-15-17-25(18-16-24)39(36,37)33(23-13-11-22(30)12-14-23)20-28(34)32-27-10-6-5-9-26(27)29(35)31-19-21-7-3-2-4-8-21/h2-18H,19-20H2,1H3,(H,31,35)(H,32,34). The zero-order valence-electron chi connectivity index (χ0n) is 21.0. The van der Waals surface area contributed by atoms with Crippen molar-refractivity contribution in [3.05, 3.63) is 120 Å². The second kappa shape index (κ2) is 12.2. The van der Waals surface area contributed by atoms with Crippen molar-refractivity contribution in [2.45, 2.75) is 11.4 Å². The summed E-state index contributed by atoms with van der Waals surface area (Å²) in [4.78, 5) is 25.9. The van der Waals surface area contributed by atoms with Crippen LogP contribution in [0.4, 0.5) is 15.8 Å².